The quantitative estimate of drug-likeness (QED) is 0.719. The topological polar surface area (TPSA) is 30.9 Å². The lowest BCUT2D eigenvalue weighted by molar-refractivity contribution is -0.144. The number of ether oxygens (including phenoxy) is 3. The molecule has 3 heterocycles. The molecule has 1 aromatic carbocycles. The van der Waals surface area contributed by atoms with Crippen molar-refractivity contribution in [3.05, 3.63) is 71.5 Å². The van der Waals surface area contributed by atoms with Crippen LogP contribution in [0.2, 0.25) is 0 Å². The molecule has 3 aliphatic heterocycles. The fourth-order valence-electron chi connectivity index (χ4n) is 6.12. The second-order valence-electron chi connectivity index (χ2n) is 8.49. The van der Waals surface area contributed by atoms with Gasteiger partial charge in [0, 0.05) is 38.2 Å². The molecule has 2 fully saturated rings. The highest BCUT2D eigenvalue weighted by atomic mass is 16.7. The molecule has 2 saturated heterocycles. The van der Waals surface area contributed by atoms with Crippen molar-refractivity contribution in [1.82, 2.24) is 4.90 Å². The summed E-state index contributed by atoms with van der Waals surface area (Å²) in [6, 6.07) is 11.7. The fraction of sp³-hybridized carbons (Fsp3) is 0.500. The molecule has 4 aliphatic rings. The summed E-state index contributed by atoms with van der Waals surface area (Å²) in [5.41, 5.74) is 3.80. The van der Waals surface area contributed by atoms with E-state index in [2.05, 4.69) is 60.9 Å². The minimum atomic E-state index is -0.268. The monoisotopic (exact) mass is 379 g/mol. The Hall–Kier alpha value is -1.88. The normalized spacial score (nSPS) is 34.7. The zero-order valence-electron chi connectivity index (χ0n) is 16.9. The van der Waals surface area contributed by atoms with Gasteiger partial charge in [-0.15, -0.1) is 0 Å². The Bertz CT molecular complexity index is 841. The van der Waals surface area contributed by atoms with Crippen LogP contribution in [-0.2, 0) is 14.2 Å². The van der Waals surface area contributed by atoms with Gasteiger partial charge in [-0.25, -0.2) is 0 Å². The van der Waals surface area contributed by atoms with E-state index in [1.54, 1.807) is 14.2 Å². The van der Waals surface area contributed by atoms with Crippen molar-refractivity contribution >= 4 is 0 Å². The predicted octanol–water partition coefficient (Wildman–Crippen LogP) is 4.16. The molecule has 4 heteroatoms. The SMILES string of the molecule is C=C1C=C2C(C(C)c3ccccc3)=CC3CC2(O1)C1CCC(C(OC)OC)N31. The van der Waals surface area contributed by atoms with Crippen LogP contribution < -0.4 is 0 Å². The van der Waals surface area contributed by atoms with E-state index in [-0.39, 0.29) is 17.9 Å². The number of allylic oxidation sites excluding steroid dienone is 1. The van der Waals surface area contributed by atoms with E-state index in [0.717, 1.165) is 25.0 Å². The standard InChI is InChI=1S/C24H29NO3/c1-15-12-20-19(16(2)17-8-6-5-7-9-17)13-18-14-24(20,28-15)22-11-10-21(25(18)22)23(26-3)27-4/h5-9,12-13,16,18,21-23H,1,10-11,14H2,2-4H3. The van der Waals surface area contributed by atoms with E-state index in [1.807, 2.05) is 0 Å². The molecule has 0 amide bonds. The van der Waals surface area contributed by atoms with Crippen molar-refractivity contribution in [3.8, 4) is 0 Å². The number of methoxy groups -OCH3 is 2. The third-order valence-corrected chi connectivity index (χ3v) is 7.21. The Kier molecular flexibility index (Phi) is 4.27. The van der Waals surface area contributed by atoms with Crippen LogP contribution in [0.1, 0.15) is 37.7 Å². The van der Waals surface area contributed by atoms with Crippen LogP contribution in [0.3, 0.4) is 0 Å². The zero-order valence-corrected chi connectivity index (χ0v) is 16.9. The minimum Gasteiger partial charge on any atom is -0.481 e. The molecule has 2 bridgehead atoms. The zero-order chi connectivity index (χ0) is 19.5. The average Bonchev–Trinajstić information content (AvgIpc) is 3.36. The molecule has 5 unspecified atom stereocenters. The lowest BCUT2D eigenvalue weighted by Gasteiger charge is -2.36. The van der Waals surface area contributed by atoms with Gasteiger partial charge >= 0.3 is 0 Å². The molecule has 5 rings (SSSR count). The maximum atomic E-state index is 6.52. The first-order chi connectivity index (χ1) is 13.6. The molecular formula is C24H29NO3. The highest BCUT2D eigenvalue weighted by Gasteiger charge is 2.64. The molecule has 5 atom stereocenters. The van der Waals surface area contributed by atoms with Crippen molar-refractivity contribution in [1.29, 1.82) is 0 Å². The van der Waals surface area contributed by atoms with E-state index in [4.69, 9.17) is 14.2 Å². The molecule has 4 nitrogen and oxygen atoms in total. The van der Waals surface area contributed by atoms with Gasteiger partial charge in [0.25, 0.3) is 0 Å². The van der Waals surface area contributed by atoms with Gasteiger partial charge in [0.1, 0.15) is 5.76 Å². The molecule has 0 aromatic heterocycles. The molecule has 148 valence electrons. The maximum Gasteiger partial charge on any atom is 0.172 e. The number of hydrogen-bond acceptors (Lipinski definition) is 4. The Labute approximate surface area is 167 Å². The number of rotatable bonds is 5. The van der Waals surface area contributed by atoms with Crippen LogP contribution in [0.25, 0.3) is 0 Å². The van der Waals surface area contributed by atoms with E-state index in [0.29, 0.717) is 18.0 Å². The Balaban J connectivity index is 1.58. The van der Waals surface area contributed by atoms with Crippen LogP contribution in [0.5, 0.6) is 0 Å². The van der Waals surface area contributed by atoms with E-state index in [1.165, 1.54) is 16.7 Å². The van der Waals surface area contributed by atoms with Crippen LogP contribution >= 0.6 is 0 Å². The number of benzene rings is 1. The highest BCUT2D eigenvalue weighted by molar-refractivity contribution is 5.56. The van der Waals surface area contributed by atoms with Gasteiger partial charge in [0.05, 0.1) is 12.1 Å². The Morgan fingerprint density at radius 1 is 1.18 bits per heavy atom. The van der Waals surface area contributed by atoms with E-state index < -0.39 is 0 Å². The first-order valence-electron chi connectivity index (χ1n) is 10.3. The average molecular weight is 380 g/mol. The first-order valence-corrected chi connectivity index (χ1v) is 10.3. The van der Waals surface area contributed by atoms with Crippen molar-refractivity contribution in [2.45, 2.75) is 62.1 Å². The second kappa shape index (κ2) is 6.58. The van der Waals surface area contributed by atoms with Gasteiger partial charge in [-0.3, -0.25) is 4.90 Å². The molecule has 1 aromatic rings. The molecule has 0 radical (unpaired) electrons. The summed E-state index contributed by atoms with van der Waals surface area (Å²) in [7, 11) is 3.47. The summed E-state index contributed by atoms with van der Waals surface area (Å²) in [4.78, 5) is 2.61. The van der Waals surface area contributed by atoms with Gasteiger partial charge in [-0.2, -0.15) is 0 Å². The summed E-state index contributed by atoms with van der Waals surface area (Å²) >= 11 is 0. The van der Waals surface area contributed by atoms with Gasteiger partial charge in [0.15, 0.2) is 11.9 Å². The number of hydrogen-bond donors (Lipinski definition) is 0. The minimum absolute atomic E-state index is 0.207. The lowest BCUT2D eigenvalue weighted by atomic mass is 9.72. The molecule has 0 saturated carbocycles. The van der Waals surface area contributed by atoms with E-state index in [9.17, 15) is 0 Å². The first kappa shape index (κ1) is 18.2. The largest absolute Gasteiger partial charge is 0.481 e. The highest BCUT2D eigenvalue weighted by Crippen LogP contribution is 2.59. The predicted molar refractivity (Wildman–Crippen MR) is 109 cm³/mol. The van der Waals surface area contributed by atoms with Gasteiger partial charge in [-0.1, -0.05) is 49.9 Å². The van der Waals surface area contributed by atoms with Crippen molar-refractivity contribution < 1.29 is 14.2 Å². The van der Waals surface area contributed by atoms with Crippen molar-refractivity contribution in [2.75, 3.05) is 14.2 Å². The molecule has 1 spiro atoms. The van der Waals surface area contributed by atoms with Crippen LogP contribution in [0.4, 0.5) is 0 Å². The van der Waals surface area contributed by atoms with Gasteiger partial charge in [0.2, 0.25) is 0 Å². The smallest absolute Gasteiger partial charge is 0.172 e. The third-order valence-electron chi connectivity index (χ3n) is 7.21. The van der Waals surface area contributed by atoms with Gasteiger partial charge in [-0.05, 0) is 30.1 Å². The van der Waals surface area contributed by atoms with Gasteiger partial charge < -0.3 is 14.2 Å². The maximum absolute atomic E-state index is 6.52. The van der Waals surface area contributed by atoms with Crippen LogP contribution in [-0.4, -0.2) is 49.1 Å². The van der Waals surface area contributed by atoms with Crippen LogP contribution in [0, 0.1) is 0 Å². The molecule has 1 aliphatic carbocycles. The Morgan fingerprint density at radius 2 is 1.93 bits per heavy atom. The summed E-state index contributed by atoms with van der Waals surface area (Å²) in [5, 5.41) is 0. The second-order valence-corrected chi connectivity index (χ2v) is 8.49. The molecule has 28 heavy (non-hydrogen) atoms. The fourth-order valence-corrected chi connectivity index (χ4v) is 6.12. The summed E-state index contributed by atoms with van der Waals surface area (Å²) in [5.74, 6) is 1.12. The number of nitrogens with zero attached hydrogens (tertiary/aromatic N) is 1. The van der Waals surface area contributed by atoms with Crippen LogP contribution in [0.15, 0.2) is 66.0 Å². The summed E-state index contributed by atoms with van der Waals surface area (Å²) in [6.07, 6.45) is 7.60. The third kappa shape index (κ3) is 2.41. The Morgan fingerprint density at radius 3 is 2.64 bits per heavy atom. The lowest BCUT2D eigenvalue weighted by Crippen LogP contribution is -2.48. The van der Waals surface area contributed by atoms with Crippen molar-refractivity contribution in [2.24, 2.45) is 0 Å². The molecule has 0 N–H and O–H groups in total. The number of fused-ring (bicyclic) bond motifs is 3. The van der Waals surface area contributed by atoms with E-state index >= 15 is 0 Å². The summed E-state index contributed by atoms with van der Waals surface area (Å²) in [6.45, 7) is 6.47. The molecular weight excluding hydrogens is 350 g/mol. The summed E-state index contributed by atoms with van der Waals surface area (Å²) < 4.78 is 17.8. The van der Waals surface area contributed by atoms with Crippen molar-refractivity contribution in [3.63, 3.8) is 0 Å².